The Balaban J connectivity index is 1.80. The maximum absolute atomic E-state index is 13.7. The van der Waals surface area contributed by atoms with Crippen LogP contribution in [0.3, 0.4) is 0 Å². The molecule has 0 atom stereocenters. The van der Waals surface area contributed by atoms with Gasteiger partial charge in [-0.1, -0.05) is 30.3 Å². The van der Waals surface area contributed by atoms with Crippen LogP contribution in [-0.2, 0) is 22.7 Å². The first-order valence-electron chi connectivity index (χ1n) is 10.7. The van der Waals surface area contributed by atoms with Crippen LogP contribution in [0.4, 0.5) is 4.39 Å². The summed E-state index contributed by atoms with van der Waals surface area (Å²) < 4.78 is 24.3. The minimum absolute atomic E-state index is 0.199. The molecule has 0 spiro atoms. The van der Waals surface area contributed by atoms with Crippen LogP contribution in [0, 0.1) is 17.1 Å². The third-order valence-electron chi connectivity index (χ3n) is 5.01. The van der Waals surface area contributed by atoms with Gasteiger partial charge in [-0.3, -0.25) is 9.59 Å². The molecule has 0 aliphatic carbocycles. The lowest BCUT2D eigenvalue weighted by atomic mass is 10.1. The maximum atomic E-state index is 13.7. The van der Waals surface area contributed by atoms with E-state index in [1.807, 2.05) is 0 Å². The third-order valence-corrected chi connectivity index (χ3v) is 5.01. The Morgan fingerprint density at radius 3 is 2.43 bits per heavy atom. The SMILES string of the molecule is COc1cc(C=CC(=O)N(Cc2ccc(C#N)cc2)Cc2cccc(F)c2)ccc1OCC(N)=O. The highest BCUT2D eigenvalue weighted by Gasteiger charge is 2.14. The predicted octanol–water partition coefficient (Wildman–Crippen LogP) is 3.81. The summed E-state index contributed by atoms with van der Waals surface area (Å²) in [7, 11) is 1.46. The molecule has 8 heteroatoms. The molecule has 2 amide bonds. The number of ether oxygens (including phenoxy) is 2. The molecule has 178 valence electrons. The molecule has 0 aromatic heterocycles. The van der Waals surface area contributed by atoms with Crippen LogP contribution in [0.15, 0.2) is 72.8 Å². The monoisotopic (exact) mass is 473 g/mol. The van der Waals surface area contributed by atoms with Gasteiger partial charge in [-0.15, -0.1) is 0 Å². The molecule has 2 N–H and O–H groups in total. The van der Waals surface area contributed by atoms with Gasteiger partial charge in [0.1, 0.15) is 5.82 Å². The van der Waals surface area contributed by atoms with E-state index in [0.717, 1.165) is 5.56 Å². The Morgan fingerprint density at radius 2 is 1.77 bits per heavy atom. The van der Waals surface area contributed by atoms with Crippen LogP contribution < -0.4 is 15.2 Å². The highest BCUT2D eigenvalue weighted by atomic mass is 19.1. The first-order chi connectivity index (χ1) is 16.9. The molecule has 0 saturated heterocycles. The standard InChI is InChI=1S/C27H24FN3O4/c1-34-25-14-19(9-11-24(25)35-18-26(30)32)10-12-27(33)31(17-22-3-2-4-23(28)13-22)16-21-7-5-20(15-29)6-8-21/h2-14H,16-18H2,1H3,(H2,30,32). The molecule has 0 aliphatic heterocycles. The molecular weight excluding hydrogens is 449 g/mol. The second kappa shape index (κ2) is 12.0. The van der Waals surface area contributed by atoms with Crippen molar-refractivity contribution in [3.63, 3.8) is 0 Å². The molecule has 0 heterocycles. The maximum Gasteiger partial charge on any atom is 0.255 e. The van der Waals surface area contributed by atoms with Gasteiger partial charge < -0.3 is 20.1 Å². The number of hydrogen-bond acceptors (Lipinski definition) is 5. The van der Waals surface area contributed by atoms with Crippen LogP contribution in [0.2, 0.25) is 0 Å². The number of halogens is 1. The van der Waals surface area contributed by atoms with Gasteiger partial charge in [-0.05, 0) is 59.2 Å². The van der Waals surface area contributed by atoms with Crippen molar-refractivity contribution >= 4 is 17.9 Å². The summed E-state index contributed by atoms with van der Waals surface area (Å²) >= 11 is 0. The van der Waals surface area contributed by atoms with Gasteiger partial charge in [0.15, 0.2) is 18.1 Å². The van der Waals surface area contributed by atoms with Gasteiger partial charge in [0.05, 0.1) is 18.7 Å². The van der Waals surface area contributed by atoms with E-state index in [-0.39, 0.29) is 31.4 Å². The molecule has 0 bridgehead atoms. The summed E-state index contributed by atoms with van der Waals surface area (Å²) in [6, 6.07) is 20.1. The van der Waals surface area contributed by atoms with Crippen molar-refractivity contribution in [1.82, 2.24) is 4.90 Å². The van der Waals surface area contributed by atoms with Gasteiger partial charge in [0.2, 0.25) is 5.91 Å². The fraction of sp³-hybridized carbons (Fsp3) is 0.148. The number of benzene rings is 3. The average molecular weight is 474 g/mol. The highest BCUT2D eigenvalue weighted by molar-refractivity contribution is 5.91. The Bertz CT molecular complexity index is 1270. The van der Waals surface area contributed by atoms with E-state index < -0.39 is 5.91 Å². The lowest BCUT2D eigenvalue weighted by Gasteiger charge is -2.22. The van der Waals surface area contributed by atoms with E-state index >= 15 is 0 Å². The van der Waals surface area contributed by atoms with E-state index in [1.165, 1.54) is 25.3 Å². The predicted molar refractivity (Wildman–Crippen MR) is 129 cm³/mol. The fourth-order valence-electron chi connectivity index (χ4n) is 3.30. The van der Waals surface area contributed by atoms with Crippen LogP contribution in [0.25, 0.3) is 6.08 Å². The van der Waals surface area contributed by atoms with Crippen LogP contribution in [-0.4, -0.2) is 30.4 Å². The first-order valence-corrected chi connectivity index (χ1v) is 10.7. The average Bonchev–Trinajstić information content (AvgIpc) is 2.86. The molecule has 0 radical (unpaired) electrons. The number of rotatable bonds is 10. The van der Waals surface area contributed by atoms with Crippen molar-refractivity contribution < 1.29 is 23.5 Å². The van der Waals surface area contributed by atoms with Gasteiger partial charge in [0.25, 0.3) is 5.91 Å². The normalized spacial score (nSPS) is 10.5. The van der Waals surface area contributed by atoms with Crippen LogP contribution in [0.1, 0.15) is 22.3 Å². The van der Waals surface area contributed by atoms with Crippen molar-refractivity contribution in [3.8, 4) is 17.6 Å². The molecule has 3 aromatic rings. The molecular formula is C27H24FN3O4. The van der Waals surface area contributed by atoms with Gasteiger partial charge in [-0.2, -0.15) is 5.26 Å². The lowest BCUT2D eigenvalue weighted by molar-refractivity contribution is -0.127. The fourth-order valence-corrected chi connectivity index (χ4v) is 3.30. The number of nitrogens with zero attached hydrogens (tertiary/aromatic N) is 2. The number of amides is 2. The van der Waals surface area contributed by atoms with Crippen molar-refractivity contribution in [2.75, 3.05) is 13.7 Å². The summed E-state index contributed by atoms with van der Waals surface area (Å²) in [4.78, 5) is 25.7. The summed E-state index contributed by atoms with van der Waals surface area (Å²) in [5.74, 6) is -0.540. The quantitative estimate of drug-likeness (QED) is 0.451. The van der Waals surface area contributed by atoms with E-state index in [9.17, 15) is 14.0 Å². The number of nitriles is 1. The summed E-state index contributed by atoms with van der Waals surface area (Å²) in [5, 5.41) is 9.01. The number of carbonyl (C=O) groups excluding carboxylic acids is 2. The zero-order valence-corrected chi connectivity index (χ0v) is 19.1. The van der Waals surface area contributed by atoms with Crippen molar-refractivity contribution in [1.29, 1.82) is 5.26 Å². The summed E-state index contributed by atoms with van der Waals surface area (Å²) in [5.41, 5.74) is 7.79. The van der Waals surface area contributed by atoms with E-state index in [1.54, 1.807) is 65.6 Å². The zero-order valence-electron chi connectivity index (χ0n) is 19.1. The Hall–Kier alpha value is -4.64. The molecule has 0 unspecified atom stereocenters. The number of hydrogen-bond donors (Lipinski definition) is 1. The van der Waals surface area contributed by atoms with Crippen molar-refractivity contribution in [3.05, 3.63) is 101 Å². The van der Waals surface area contributed by atoms with Gasteiger partial charge in [0, 0.05) is 19.2 Å². The Kier molecular flexibility index (Phi) is 8.57. The smallest absolute Gasteiger partial charge is 0.255 e. The van der Waals surface area contributed by atoms with E-state index in [4.69, 9.17) is 20.5 Å². The largest absolute Gasteiger partial charge is 0.493 e. The molecule has 0 saturated carbocycles. The number of nitrogens with two attached hydrogens (primary N) is 1. The molecule has 0 fully saturated rings. The molecule has 3 aromatic carbocycles. The molecule has 7 nitrogen and oxygen atoms in total. The summed E-state index contributed by atoms with van der Waals surface area (Å²) in [6.45, 7) is 0.188. The van der Waals surface area contributed by atoms with Crippen molar-refractivity contribution in [2.45, 2.75) is 13.1 Å². The molecule has 0 aliphatic rings. The second-order valence-corrected chi connectivity index (χ2v) is 7.63. The second-order valence-electron chi connectivity index (χ2n) is 7.63. The van der Waals surface area contributed by atoms with Gasteiger partial charge in [-0.25, -0.2) is 4.39 Å². The van der Waals surface area contributed by atoms with E-state index in [0.29, 0.717) is 28.2 Å². The zero-order chi connectivity index (χ0) is 25.2. The summed E-state index contributed by atoms with van der Waals surface area (Å²) in [6.07, 6.45) is 3.04. The number of carbonyl (C=O) groups is 2. The minimum Gasteiger partial charge on any atom is -0.493 e. The number of primary amides is 1. The van der Waals surface area contributed by atoms with Crippen molar-refractivity contribution in [2.24, 2.45) is 5.73 Å². The van der Waals surface area contributed by atoms with Crippen LogP contribution in [0.5, 0.6) is 11.5 Å². The Morgan fingerprint density at radius 1 is 1.03 bits per heavy atom. The lowest BCUT2D eigenvalue weighted by Crippen LogP contribution is -2.28. The van der Waals surface area contributed by atoms with Gasteiger partial charge >= 0.3 is 0 Å². The topological polar surface area (TPSA) is 106 Å². The first kappa shape index (κ1) is 25.0. The highest BCUT2D eigenvalue weighted by Crippen LogP contribution is 2.28. The third kappa shape index (κ3) is 7.44. The van der Waals surface area contributed by atoms with Crippen LogP contribution >= 0.6 is 0 Å². The Labute approximate surface area is 202 Å². The molecule has 3 rings (SSSR count). The van der Waals surface area contributed by atoms with E-state index in [2.05, 4.69) is 6.07 Å². The number of methoxy groups -OCH3 is 1. The minimum atomic E-state index is -0.609. The molecule has 35 heavy (non-hydrogen) atoms.